The first-order valence-electron chi connectivity index (χ1n) is 7.07. The van der Waals surface area contributed by atoms with Crippen LogP contribution in [-0.4, -0.2) is 16.8 Å². The Morgan fingerprint density at radius 3 is 2.08 bits per heavy atom. The average Bonchev–Trinajstić information content (AvgIpc) is 2.53. The number of rotatable bonds is 5. The number of aromatic nitrogens is 1. The Bertz CT molecular complexity index is 735. The van der Waals surface area contributed by atoms with E-state index in [4.69, 9.17) is 4.74 Å². The molecule has 0 saturated carbocycles. The van der Waals surface area contributed by atoms with Crippen molar-refractivity contribution in [3.63, 3.8) is 0 Å². The van der Waals surface area contributed by atoms with Gasteiger partial charge in [-0.3, -0.25) is 5.43 Å². The predicted molar refractivity (Wildman–Crippen MR) is 82.1 cm³/mol. The van der Waals surface area contributed by atoms with Crippen LogP contribution in [0.2, 0.25) is 0 Å². The smallest absolute Gasteiger partial charge is 0.254 e. The lowest BCUT2D eigenvalue weighted by Crippen LogP contribution is -2.08. The SMILES string of the molecule is C/C(=N/Nc1c(F)c(F)nc(F)c1F)c1ccc(OC(C)C)cc1. The summed E-state index contributed by atoms with van der Waals surface area (Å²) in [6.07, 6.45) is 0.0229. The molecule has 4 nitrogen and oxygen atoms in total. The molecule has 2 aromatic rings. The van der Waals surface area contributed by atoms with Gasteiger partial charge in [-0.05, 0) is 50.6 Å². The van der Waals surface area contributed by atoms with E-state index in [1.165, 1.54) is 0 Å². The van der Waals surface area contributed by atoms with Crippen molar-refractivity contribution in [3.8, 4) is 5.75 Å². The molecule has 0 unspecified atom stereocenters. The molecule has 0 atom stereocenters. The molecular weight excluding hydrogens is 326 g/mol. The fourth-order valence-electron chi connectivity index (χ4n) is 1.84. The van der Waals surface area contributed by atoms with E-state index in [9.17, 15) is 17.6 Å². The Labute approximate surface area is 136 Å². The molecule has 128 valence electrons. The standard InChI is InChI=1S/C16H15F4N3O/c1-8(2)24-11-6-4-10(5-7-11)9(3)22-23-14-12(17)15(19)21-16(20)13(14)18/h4-8H,1-3H3,(H,21,23)/b22-9-. The molecular formula is C16H15F4N3O. The summed E-state index contributed by atoms with van der Waals surface area (Å²) in [5, 5.41) is 3.74. The molecule has 8 heteroatoms. The van der Waals surface area contributed by atoms with E-state index < -0.39 is 29.2 Å². The van der Waals surface area contributed by atoms with Crippen molar-refractivity contribution >= 4 is 11.4 Å². The third-order valence-electron chi connectivity index (χ3n) is 2.98. The minimum Gasteiger partial charge on any atom is -0.491 e. The van der Waals surface area contributed by atoms with E-state index >= 15 is 0 Å². The van der Waals surface area contributed by atoms with Crippen molar-refractivity contribution in [3.05, 3.63) is 53.4 Å². The number of benzene rings is 1. The number of hydrogen-bond donors (Lipinski definition) is 1. The Morgan fingerprint density at radius 1 is 1.04 bits per heavy atom. The van der Waals surface area contributed by atoms with Gasteiger partial charge < -0.3 is 4.74 Å². The number of hydrazone groups is 1. The number of hydrogen-bond acceptors (Lipinski definition) is 4. The van der Waals surface area contributed by atoms with Crippen LogP contribution in [0.5, 0.6) is 5.75 Å². The van der Waals surface area contributed by atoms with Crippen LogP contribution in [0.4, 0.5) is 23.2 Å². The first kappa shape index (κ1) is 17.7. The molecule has 0 radical (unpaired) electrons. The van der Waals surface area contributed by atoms with Crippen molar-refractivity contribution in [1.82, 2.24) is 4.98 Å². The molecule has 0 aliphatic rings. The lowest BCUT2D eigenvalue weighted by Gasteiger charge is -2.10. The summed E-state index contributed by atoms with van der Waals surface area (Å²) in [6, 6.07) is 6.81. The average molecular weight is 341 g/mol. The zero-order valence-corrected chi connectivity index (χ0v) is 13.2. The Hall–Kier alpha value is -2.64. The molecule has 0 aliphatic carbocycles. The second-order valence-corrected chi connectivity index (χ2v) is 5.20. The zero-order chi connectivity index (χ0) is 17.9. The Kier molecular flexibility index (Phi) is 5.38. The second kappa shape index (κ2) is 7.29. The van der Waals surface area contributed by atoms with Gasteiger partial charge in [-0.1, -0.05) is 0 Å². The van der Waals surface area contributed by atoms with Gasteiger partial charge in [0.1, 0.15) is 11.4 Å². The summed E-state index contributed by atoms with van der Waals surface area (Å²) >= 11 is 0. The van der Waals surface area contributed by atoms with Crippen molar-refractivity contribution in [1.29, 1.82) is 0 Å². The van der Waals surface area contributed by atoms with Gasteiger partial charge in [0.15, 0.2) is 0 Å². The lowest BCUT2D eigenvalue weighted by atomic mass is 10.1. The summed E-state index contributed by atoms with van der Waals surface area (Å²) < 4.78 is 58.5. The maximum Gasteiger partial charge on any atom is 0.254 e. The maximum absolute atomic E-state index is 13.5. The molecule has 1 aromatic heterocycles. The summed E-state index contributed by atoms with van der Waals surface area (Å²) in [5.41, 5.74) is 1.94. The van der Waals surface area contributed by atoms with Crippen LogP contribution < -0.4 is 10.2 Å². The third-order valence-corrected chi connectivity index (χ3v) is 2.98. The molecule has 0 aliphatic heterocycles. The fraction of sp³-hybridized carbons (Fsp3) is 0.250. The van der Waals surface area contributed by atoms with Gasteiger partial charge in [-0.15, -0.1) is 0 Å². The first-order valence-corrected chi connectivity index (χ1v) is 7.07. The highest BCUT2D eigenvalue weighted by Crippen LogP contribution is 2.22. The predicted octanol–water partition coefficient (Wildman–Crippen LogP) is 4.26. The number of pyridine rings is 1. The van der Waals surface area contributed by atoms with Crippen LogP contribution in [-0.2, 0) is 0 Å². The zero-order valence-electron chi connectivity index (χ0n) is 13.2. The summed E-state index contributed by atoms with van der Waals surface area (Å²) in [7, 11) is 0. The molecule has 0 spiro atoms. The topological polar surface area (TPSA) is 46.5 Å². The molecule has 0 fully saturated rings. The quantitative estimate of drug-likeness (QED) is 0.382. The van der Waals surface area contributed by atoms with Crippen LogP contribution in [0.3, 0.4) is 0 Å². The van der Waals surface area contributed by atoms with Gasteiger partial charge >= 0.3 is 0 Å². The van der Waals surface area contributed by atoms with E-state index in [0.717, 1.165) is 0 Å². The number of nitrogens with zero attached hydrogens (tertiary/aromatic N) is 2. The van der Waals surface area contributed by atoms with Crippen LogP contribution in [0.25, 0.3) is 0 Å². The van der Waals surface area contributed by atoms with Crippen molar-refractivity contribution in [2.24, 2.45) is 5.10 Å². The Morgan fingerprint density at radius 2 is 1.58 bits per heavy atom. The maximum atomic E-state index is 13.5. The molecule has 0 bridgehead atoms. The normalized spacial score (nSPS) is 11.8. The fourth-order valence-corrected chi connectivity index (χ4v) is 1.84. The molecule has 1 aromatic carbocycles. The van der Waals surface area contributed by atoms with Crippen LogP contribution >= 0.6 is 0 Å². The van der Waals surface area contributed by atoms with Crippen LogP contribution in [0, 0.1) is 23.5 Å². The number of nitrogens with one attached hydrogen (secondary N) is 1. The highest BCUT2D eigenvalue weighted by molar-refractivity contribution is 5.99. The third kappa shape index (κ3) is 4.01. The molecule has 2 rings (SSSR count). The van der Waals surface area contributed by atoms with Crippen LogP contribution in [0.15, 0.2) is 29.4 Å². The molecule has 0 amide bonds. The van der Waals surface area contributed by atoms with Crippen molar-refractivity contribution in [2.75, 3.05) is 5.43 Å². The lowest BCUT2D eigenvalue weighted by molar-refractivity contribution is 0.242. The van der Waals surface area contributed by atoms with Gasteiger partial charge in [-0.25, -0.2) is 0 Å². The summed E-state index contributed by atoms with van der Waals surface area (Å²) in [5.74, 6) is -6.14. The van der Waals surface area contributed by atoms with Gasteiger partial charge in [0.25, 0.3) is 11.9 Å². The molecule has 24 heavy (non-hydrogen) atoms. The van der Waals surface area contributed by atoms with E-state index in [0.29, 0.717) is 17.0 Å². The highest BCUT2D eigenvalue weighted by atomic mass is 19.2. The van der Waals surface area contributed by atoms with Crippen LogP contribution in [0.1, 0.15) is 26.3 Å². The molecule has 1 heterocycles. The monoisotopic (exact) mass is 341 g/mol. The van der Waals surface area contributed by atoms with E-state index in [2.05, 4.69) is 10.1 Å². The number of ether oxygens (including phenoxy) is 1. The van der Waals surface area contributed by atoms with Gasteiger partial charge in [-0.2, -0.15) is 27.6 Å². The largest absolute Gasteiger partial charge is 0.491 e. The minimum absolute atomic E-state index is 0.0229. The van der Waals surface area contributed by atoms with E-state index in [1.54, 1.807) is 31.2 Å². The van der Waals surface area contributed by atoms with Gasteiger partial charge in [0, 0.05) is 0 Å². The Balaban J connectivity index is 2.21. The van der Waals surface area contributed by atoms with Gasteiger partial charge in [0.2, 0.25) is 11.6 Å². The first-order chi connectivity index (χ1) is 11.3. The minimum atomic E-state index is -1.75. The van der Waals surface area contributed by atoms with E-state index in [-0.39, 0.29) is 6.10 Å². The molecule has 1 N–H and O–H groups in total. The van der Waals surface area contributed by atoms with Gasteiger partial charge in [0.05, 0.1) is 11.8 Å². The van der Waals surface area contributed by atoms with Crippen molar-refractivity contribution < 1.29 is 22.3 Å². The number of anilines is 1. The second-order valence-electron chi connectivity index (χ2n) is 5.20. The van der Waals surface area contributed by atoms with Crippen molar-refractivity contribution in [2.45, 2.75) is 26.9 Å². The summed E-state index contributed by atoms with van der Waals surface area (Å²) in [4.78, 5) is 2.47. The highest BCUT2D eigenvalue weighted by Gasteiger charge is 2.20. The van der Waals surface area contributed by atoms with E-state index in [1.807, 2.05) is 19.3 Å². The molecule has 0 saturated heterocycles. The summed E-state index contributed by atoms with van der Waals surface area (Å²) in [6.45, 7) is 5.34. The number of halogens is 4.